The van der Waals surface area contributed by atoms with E-state index in [1.165, 1.54) is 6.33 Å². The molecule has 1 N–H and O–H groups in total. The Morgan fingerprint density at radius 2 is 1.95 bits per heavy atom. The zero-order chi connectivity index (χ0) is 15.3. The molecule has 0 aromatic carbocycles. The van der Waals surface area contributed by atoms with Crippen molar-refractivity contribution < 1.29 is 18.9 Å². The van der Waals surface area contributed by atoms with E-state index >= 15 is 0 Å². The Morgan fingerprint density at radius 3 is 2.67 bits per heavy atom. The summed E-state index contributed by atoms with van der Waals surface area (Å²) >= 11 is 0. The number of ether oxygens (including phenoxy) is 4. The Hall–Kier alpha value is -1.60. The van der Waals surface area contributed by atoms with Crippen molar-refractivity contribution in [1.29, 1.82) is 0 Å². The minimum Gasteiger partial charge on any atom is -0.489 e. The molecule has 0 radical (unpaired) electrons. The number of nitrogens with zero attached hydrogens (tertiary/aromatic N) is 2. The van der Waals surface area contributed by atoms with Crippen molar-refractivity contribution in [3.8, 4) is 11.6 Å². The third-order valence-electron chi connectivity index (χ3n) is 2.62. The number of anilines is 1. The van der Waals surface area contributed by atoms with Gasteiger partial charge < -0.3 is 24.3 Å². The van der Waals surface area contributed by atoms with Gasteiger partial charge in [-0.15, -0.1) is 0 Å². The lowest BCUT2D eigenvalue weighted by atomic mass is 10.4. The minimum atomic E-state index is 0.410. The topological polar surface area (TPSA) is 74.7 Å². The highest BCUT2D eigenvalue weighted by Gasteiger charge is 2.12. The second-order valence-electron chi connectivity index (χ2n) is 4.29. The van der Waals surface area contributed by atoms with E-state index in [1.54, 1.807) is 14.2 Å². The van der Waals surface area contributed by atoms with Crippen LogP contribution >= 0.6 is 0 Å². The maximum Gasteiger partial charge on any atom is 0.262 e. The smallest absolute Gasteiger partial charge is 0.262 e. The lowest BCUT2D eigenvalue weighted by Gasteiger charge is -2.13. The fourth-order valence-corrected chi connectivity index (χ4v) is 1.62. The van der Waals surface area contributed by atoms with Crippen LogP contribution in [0.25, 0.3) is 0 Å². The molecule has 0 unspecified atom stereocenters. The average Bonchev–Trinajstić information content (AvgIpc) is 2.52. The quantitative estimate of drug-likeness (QED) is 0.589. The van der Waals surface area contributed by atoms with Crippen LogP contribution in [0.1, 0.15) is 19.8 Å². The number of methoxy groups -OCH3 is 2. The molecule has 0 aliphatic carbocycles. The van der Waals surface area contributed by atoms with E-state index in [0.29, 0.717) is 43.9 Å². The molecule has 0 saturated carbocycles. The average molecular weight is 299 g/mol. The Morgan fingerprint density at radius 1 is 1.10 bits per heavy atom. The number of rotatable bonds is 12. The van der Waals surface area contributed by atoms with Crippen LogP contribution in [0.5, 0.6) is 11.6 Å². The zero-order valence-corrected chi connectivity index (χ0v) is 13.1. The summed E-state index contributed by atoms with van der Waals surface area (Å²) in [6, 6.07) is 0. The number of hydrogen-bond acceptors (Lipinski definition) is 7. The molecule has 0 atom stereocenters. The molecule has 1 aromatic rings. The summed E-state index contributed by atoms with van der Waals surface area (Å²) in [4.78, 5) is 8.25. The Kier molecular flexibility index (Phi) is 9.23. The fraction of sp³-hybridized carbons (Fsp3) is 0.714. The maximum absolute atomic E-state index is 5.58. The molecule has 0 bridgehead atoms. The van der Waals surface area contributed by atoms with E-state index in [2.05, 4.69) is 22.2 Å². The maximum atomic E-state index is 5.58. The summed E-state index contributed by atoms with van der Waals surface area (Å²) in [7, 11) is 3.25. The molecule has 1 heterocycles. The van der Waals surface area contributed by atoms with E-state index in [-0.39, 0.29) is 0 Å². The summed E-state index contributed by atoms with van der Waals surface area (Å²) in [5, 5.41) is 3.18. The lowest BCUT2D eigenvalue weighted by molar-refractivity contribution is 0.0787. The predicted molar refractivity (Wildman–Crippen MR) is 80.2 cm³/mol. The van der Waals surface area contributed by atoms with Gasteiger partial charge in [0, 0.05) is 26.9 Å². The SMILES string of the molecule is CCCNc1ncnc(OCCOCCCOC)c1OC. The van der Waals surface area contributed by atoms with Crippen molar-refractivity contribution in [3.63, 3.8) is 0 Å². The highest BCUT2D eigenvalue weighted by molar-refractivity contribution is 5.54. The first-order valence-electron chi connectivity index (χ1n) is 7.15. The van der Waals surface area contributed by atoms with Crippen molar-refractivity contribution in [3.05, 3.63) is 6.33 Å². The number of nitrogens with one attached hydrogen (secondary N) is 1. The van der Waals surface area contributed by atoms with Crippen LogP contribution < -0.4 is 14.8 Å². The third kappa shape index (κ3) is 6.59. The molecule has 120 valence electrons. The van der Waals surface area contributed by atoms with Crippen LogP contribution in [0, 0.1) is 0 Å². The van der Waals surface area contributed by atoms with Gasteiger partial charge in [0.15, 0.2) is 5.82 Å². The molecule has 0 aliphatic rings. The molecule has 21 heavy (non-hydrogen) atoms. The minimum absolute atomic E-state index is 0.410. The summed E-state index contributed by atoms with van der Waals surface area (Å²) in [6.45, 7) is 5.16. The molecule has 7 nitrogen and oxygen atoms in total. The van der Waals surface area contributed by atoms with Gasteiger partial charge in [0.25, 0.3) is 5.88 Å². The molecule has 1 aromatic heterocycles. The summed E-state index contributed by atoms with van der Waals surface area (Å²) in [5.41, 5.74) is 0. The van der Waals surface area contributed by atoms with Crippen molar-refractivity contribution >= 4 is 5.82 Å². The molecule has 0 saturated heterocycles. The van der Waals surface area contributed by atoms with Gasteiger partial charge in [0.2, 0.25) is 5.75 Å². The van der Waals surface area contributed by atoms with Gasteiger partial charge in [-0.05, 0) is 12.8 Å². The molecule has 7 heteroatoms. The second kappa shape index (κ2) is 11.1. The summed E-state index contributed by atoms with van der Waals surface area (Å²) < 4.78 is 21.3. The normalized spacial score (nSPS) is 10.4. The van der Waals surface area contributed by atoms with E-state index in [0.717, 1.165) is 19.4 Å². The van der Waals surface area contributed by atoms with E-state index in [1.807, 2.05) is 0 Å². The lowest BCUT2D eigenvalue weighted by Crippen LogP contribution is -2.11. The van der Waals surface area contributed by atoms with E-state index < -0.39 is 0 Å². The van der Waals surface area contributed by atoms with Crippen LogP contribution in [-0.2, 0) is 9.47 Å². The van der Waals surface area contributed by atoms with Crippen molar-refractivity contribution in [2.75, 3.05) is 52.5 Å². The molecule has 0 amide bonds. The monoisotopic (exact) mass is 299 g/mol. The first-order valence-corrected chi connectivity index (χ1v) is 7.15. The zero-order valence-electron chi connectivity index (χ0n) is 13.1. The number of hydrogen-bond donors (Lipinski definition) is 1. The largest absolute Gasteiger partial charge is 0.489 e. The Bertz CT molecular complexity index is 390. The molecular weight excluding hydrogens is 274 g/mol. The molecule has 0 aliphatic heterocycles. The van der Waals surface area contributed by atoms with Crippen molar-refractivity contribution in [2.24, 2.45) is 0 Å². The highest BCUT2D eigenvalue weighted by Crippen LogP contribution is 2.30. The van der Waals surface area contributed by atoms with Crippen LogP contribution in [0.2, 0.25) is 0 Å². The Labute approximate surface area is 126 Å². The van der Waals surface area contributed by atoms with Gasteiger partial charge >= 0.3 is 0 Å². The van der Waals surface area contributed by atoms with Gasteiger partial charge in [-0.2, -0.15) is 4.98 Å². The van der Waals surface area contributed by atoms with Crippen LogP contribution in [0.15, 0.2) is 6.33 Å². The summed E-state index contributed by atoms with van der Waals surface area (Å²) in [6.07, 6.45) is 3.33. The summed E-state index contributed by atoms with van der Waals surface area (Å²) in [5.74, 6) is 1.59. The first-order chi connectivity index (χ1) is 10.3. The third-order valence-corrected chi connectivity index (χ3v) is 2.62. The Balaban J connectivity index is 2.39. The van der Waals surface area contributed by atoms with Gasteiger partial charge in [0.05, 0.1) is 13.7 Å². The standard InChI is InChI=1S/C14H25N3O4/c1-4-6-15-13-12(19-3)14(17-11-16-13)21-10-9-20-8-5-7-18-2/h11H,4-10H2,1-3H3,(H,15,16,17). The van der Waals surface area contributed by atoms with E-state index in [9.17, 15) is 0 Å². The van der Waals surface area contributed by atoms with Crippen molar-refractivity contribution in [1.82, 2.24) is 9.97 Å². The first kappa shape index (κ1) is 17.5. The molecule has 0 spiro atoms. The van der Waals surface area contributed by atoms with Crippen LogP contribution in [0.4, 0.5) is 5.82 Å². The van der Waals surface area contributed by atoms with Gasteiger partial charge in [0.1, 0.15) is 12.9 Å². The van der Waals surface area contributed by atoms with Crippen LogP contribution in [-0.4, -0.2) is 57.2 Å². The van der Waals surface area contributed by atoms with Gasteiger partial charge in [-0.3, -0.25) is 0 Å². The predicted octanol–water partition coefficient (Wildman–Crippen LogP) is 1.74. The van der Waals surface area contributed by atoms with E-state index in [4.69, 9.17) is 18.9 Å². The van der Waals surface area contributed by atoms with Gasteiger partial charge in [-0.1, -0.05) is 6.92 Å². The fourth-order valence-electron chi connectivity index (χ4n) is 1.62. The van der Waals surface area contributed by atoms with Crippen LogP contribution in [0.3, 0.4) is 0 Å². The molecule has 0 fully saturated rings. The highest BCUT2D eigenvalue weighted by atomic mass is 16.5. The van der Waals surface area contributed by atoms with Gasteiger partial charge in [-0.25, -0.2) is 4.98 Å². The van der Waals surface area contributed by atoms with Crippen molar-refractivity contribution in [2.45, 2.75) is 19.8 Å². The molecule has 1 rings (SSSR count). The second-order valence-corrected chi connectivity index (χ2v) is 4.29. The number of aromatic nitrogens is 2. The molecular formula is C14H25N3O4.